The highest BCUT2D eigenvalue weighted by Crippen LogP contribution is 2.24. The number of carbonyl (C=O) groups excluding carboxylic acids is 1. The molecule has 1 N–H and O–H groups in total. The predicted molar refractivity (Wildman–Crippen MR) is 101 cm³/mol. The van der Waals surface area contributed by atoms with E-state index in [1.165, 1.54) is 18.5 Å². The Balaban J connectivity index is 2.28. The molecule has 0 unspecified atom stereocenters. The molecule has 26 heavy (non-hydrogen) atoms. The summed E-state index contributed by atoms with van der Waals surface area (Å²) in [6, 6.07) is 13.2. The lowest BCUT2D eigenvalue weighted by Crippen LogP contribution is -2.27. The number of sulfonamides is 1. The molecule has 0 aliphatic heterocycles. The summed E-state index contributed by atoms with van der Waals surface area (Å²) in [7, 11) is -0.611. The molecule has 7 heteroatoms. The van der Waals surface area contributed by atoms with Crippen LogP contribution in [0, 0.1) is 0 Å². The van der Waals surface area contributed by atoms with Crippen molar-refractivity contribution in [3.63, 3.8) is 0 Å². The van der Waals surface area contributed by atoms with Crippen molar-refractivity contribution in [2.75, 3.05) is 20.7 Å². The van der Waals surface area contributed by atoms with E-state index in [1.807, 2.05) is 6.92 Å². The van der Waals surface area contributed by atoms with E-state index in [0.29, 0.717) is 23.4 Å². The first-order valence-electron chi connectivity index (χ1n) is 8.36. The molecule has 0 spiro atoms. The third kappa shape index (κ3) is 4.62. The number of carbonyl (C=O) groups is 1. The first-order chi connectivity index (χ1) is 12.4. The van der Waals surface area contributed by atoms with Crippen molar-refractivity contribution in [3.05, 3.63) is 59.7 Å². The Morgan fingerprint density at radius 1 is 1.15 bits per heavy atom. The molecule has 140 valence electrons. The molecular formula is C19H24N2O4S. The van der Waals surface area contributed by atoms with Gasteiger partial charge in [0.25, 0.3) is 5.91 Å². The van der Waals surface area contributed by atoms with Crippen molar-refractivity contribution in [1.29, 1.82) is 0 Å². The van der Waals surface area contributed by atoms with Crippen LogP contribution in [0.1, 0.15) is 29.3 Å². The van der Waals surface area contributed by atoms with E-state index >= 15 is 0 Å². The van der Waals surface area contributed by atoms with Gasteiger partial charge < -0.3 is 10.1 Å². The number of hydrogen-bond acceptors (Lipinski definition) is 4. The number of nitrogens with one attached hydrogen (secondary N) is 1. The number of amides is 1. The van der Waals surface area contributed by atoms with Crippen LogP contribution in [0.2, 0.25) is 0 Å². The van der Waals surface area contributed by atoms with Crippen LogP contribution in [0.15, 0.2) is 53.4 Å². The number of benzene rings is 2. The fraction of sp³-hybridized carbons (Fsp3) is 0.316. The summed E-state index contributed by atoms with van der Waals surface area (Å²) in [6.07, 6.45) is 0.840. The lowest BCUT2D eigenvalue weighted by molar-refractivity contribution is 0.0953. The Morgan fingerprint density at radius 3 is 2.46 bits per heavy atom. The zero-order valence-corrected chi connectivity index (χ0v) is 16.0. The maximum Gasteiger partial charge on any atom is 0.251 e. The quantitative estimate of drug-likeness (QED) is 0.768. The molecule has 0 bridgehead atoms. The monoisotopic (exact) mass is 376 g/mol. The molecule has 0 heterocycles. The number of ether oxygens (including phenoxy) is 1. The fourth-order valence-electron chi connectivity index (χ4n) is 2.48. The Labute approximate surface area is 154 Å². The van der Waals surface area contributed by atoms with Crippen molar-refractivity contribution in [2.24, 2.45) is 0 Å². The van der Waals surface area contributed by atoms with Crippen LogP contribution in [-0.4, -0.2) is 39.3 Å². The molecule has 2 aromatic carbocycles. The van der Waals surface area contributed by atoms with Gasteiger partial charge in [-0.1, -0.05) is 25.1 Å². The summed E-state index contributed by atoms with van der Waals surface area (Å²) in [5, 5.41) is 2.81. The van der Waals surface area contributed by atoms with Gasteiger partial charge >= 0.3 is 0 Å². The molecule has 0 saturated heterocycles. The molecule has 2 aromatic rings. The Morgan fingerprint density at radius 2 is 1.85 bits per heavy atom. The Hall–Kier alpha value is -2.38. The average molecular weight is 376 g/mol. The third-order valence-electron chi connectivity index (χ3n) is 3.92. The number of hydrogen-bond donors (Lipinski definition) is 1. The van der Waals surface area contributed by atoms with E-state index in [-0.39, 0.29) is 17.3 Å². The van der Waals surface area contributed by atoms with Crippen molar-refractivity contribution < 1.29 is 17.9 Å². The van der Waals surface area contributed by atoms with Gasteiger partial charge in [-0.05, 0) is 36.8 Å². The maximum atomic E-state index is 12.7. The zero-order valence-electron chi connectivity index (χ0n) is 15.2. The second-order valence-electron chi connectivity index (χ2n) is 5.86. The summed E-state index contributed by atoms with van der Waals surface area (Å²) in [4.78, 5) is 12.4. The average Bonchev–Trinajstić information content (AvgIpc) is 2.66. The molecule has 0 aromatic heterocycles. The van der Waals surface area contributed by atoms with Crippen molar-refractivity contribution in [3.8, 4) is 5.75 Å². The molecule has 0 aliphatic carbocycles. The lowest BCUT2D eigenvalue weighted by atomic mass is 10.1. The van der Waals surface area contributed by atoms with Crippen molar-refractivity contribution in [2.45, 2.75) is 24.8 Å². The van der Waals surface area contributed by atoms with Gasteiger partial charge in [0.05, 0.1) is 12.0 Å². The van der Waals surface area contributed by atoms with E-state index in [4.69, 9.17) is 4.74 Å². The summed E-state index contributed by atoms with van der Waals surface area (Å²) in [5.41, 5.74) is 1.10. The molecule has 0 fully saturated rings. The highest BCUT2D eigenvalue weighted by molar-refractivity contribution is 7.89. The van der Waals surface area contributed by atoms with Crippen LogP contribution >= 0.6 is 0 Å². The van der Waals surface area contributed by atoms with Crippen LogP contribution in [0.25, 0.3) is 0 Å². The number of methoxy groups -OCH3 is 1. The summed E-state index contributed by atoms with van der Waals surface area (Å²) in [5.74, 6) is 0.344. The molecule has 0 saturated carbocycles. The Kier molecular flexibility index (Phi) is 6.76. The van der Waals surface area contributed by atoms with Crippen LogP contribution in [0.5, 0.6) is 5.75 Å². The van der Waals surface area contributed by atoms with Crippen LogP contribution in [-0.2, 0) is 16.6 Å². The van der Waals surface area contributed by atoms with Crippen LogP contribution < -0.4 is 10.1 Å². The molecule has 2 rings (SSSR count). The van der Waals surface area contributed by atoms with Crippen molar-refractivity contribution >= 4 is 15.9 Å². The SMILES string of the molecule is CCCNC(=O)c1ccc(OC)c(CN(C)S(=O)(=O)c2ccccc2)c1. The molecule has 0 radical (unpaired) electrons. The summed E-state index contributed by atoms with van der Waals surface area (Å²) in [6.45, 7) is 2.65. The maximum absolute atomic E-state index is 12.7. The second kappa shape index (κ2) is 8.82. The van der Waals surface area contributed by atoms with Crippen molar-refractivity contribution in [1.82, 2.24) is 9.62 Å². The van der Waals surface area contributed by atoms with Gasteiger partial charge in [0.15, 0.2) is 0 Å². The number of rotatable bonds is 8. The first-order valence-corrected chi connectivity index (χ1v) is 9.80. The van der Waals surface area contributed by atoms with E-state index < -0.39 is 10.0 Å². The van der Waals surface area contributed by atoms with Gasteiger partial charge in [-0.3, -0.25) is 4.79 Å². The standard InChI is InChI=1S/C19H24N2O4S/c1-4-12-20-19(22)15-10-11-18(25-3)16(13-15)14-21(2)26(23,24)17-8-6-5-7-9-17/h5-11,13H,4,12,14H2,1-3H3,(H,20,22). The zero-order chi connectivity index (χ0) is 19.2. The lowest BCUT2D eigenvalue weighted by Gasteiger charge is -2.19. The molecule has 0 aliphatic rings. The fourth-order valence-corrected chi connectivity index (χ4v) is 3.65. The second-order valence-corrected chi connectivity index (χ2v) is 7.90. The minimum absolute atomic E-state index is 0.0926. The topological polar surface area (TPSA) is 75.7 Å². The minimum atomic E-state index is -3.63. The highest BCUT2D eigenvalue weighted by Gasteiger charge is 2.22. The van der Waals surface area contributed by atoms with Crippen LogP contribution in [0.3, 0.4) is 0 Å². The van der Waals surface area contributed by atoms with Gasteiger partial charge in [0.2, 0.25) is 10.0 Å². The van der Waals surface area contributed by atoms with Gasteiger partial charge in [-0.15, -0.1) is 0 Å². The van der Waals surface area contributed by atoms with Gasteiger partial charge in [-0.2, -0.15) is 4.31 Å². The first kappa shape index (κ1) is 19.9. The number of nitrogens with zero attached hydrogens (tertiary/aromatic N) is 1. The van der Waals surface area contributed by atoms with E-state index in [1.54, 1.807) is 48.5 Å². The van der Waals surface area contributed by atoms with Gasteiger partial charge in [0.1, 0.15) is 5.75 Å². The van der Waals surface area contributed by atoms with Gasteiger partial charge in [0, 0.05) is 31.3 Å². The highest BCUT2D eigenvalue weighted by atomic mass is 32.2. The largest absolute Gasteiger partial charge is 0.496 e. The van der Waals surface area contributed by atoms with E-state index in [0.717, 1.165) is 6.42 Å². The molecule has 6 nitrogen and oxygen atoms in total. The minimum Gasteiger partial charge on any atom is -0.496 e. The summed E-state index contributed by atoms with van der Waals surface area (Å²) >= 11 is 0. The van der Waals surface area contributed by atoms with E-state index in [2.05, 4.69) is 5.32 Å². The van der Waals surface area contributed by atoms with Crippen LogP contribution in [0.4, 0.5) is 0 Å². The van der Waals surface area contributed by atoms with E-state index in [9.17, 15) is 13.2 Å². The third-order valence-corrected chi connectivity index (χ3v) is 5.74. The smallest absolute Gasteiger partial charge is 0.251 e. The predicted octanol–water partition coefficient (Wildman–Crippen LogP) is 2.66. The normalized spacial score (nSPS) is 11.4. The molecule has 0 atom stereocenters. The van der Waals surface area contributed by atoms with Gasteiger partial charge in [-0.25, -0.2) is 8.42 Å². The molecular weight excluding hydrogens is 352 g/mol. The Bertz CT molecular complexity index is 851. The summed E-state index contributed by atoms with van der Waals surface area (Å²) < 4.78 is 32.0. The molecule has 1 amide bonds.